The molecule has 152 valence electrons. The average molecular weight is 386 g/mol. The molecule has 0 atom stereocenters. The van der Waals surface area contributed by atoms with Gasteiger partial charge in [-0.2, -0.15) is 5.10 Å². The van der Waals surface area contributed by atoms with E-state index in [1.54, 1.807) is 16.9 Å². The molecule has 1 saturated heterocycles. The second kappa shape index (κ2) is 9.21. The zero-order chi connectivity index (χ0) is 20.0. The molecule has 2 heterocycles. The highest BCUT2D eigenvalue weighted by Gasteiger charge is 2.14. The zero-order valence-corrected chi connectivity index (χ0v) is 17.0. The number of rotatable bonds is 7. The number of hydrogen-bond acceptors (Lipinski definition) is 5. The third-order valence-corrected chi connectivity index (χ3v) is 4.77. The molecule has 0 radical (unpaired) electrons. The van der Waals surface area contributed by atoms with E-state index in [1.807, 2.05) is 12.1 Å². The molecule has 0 unspecified atom stereocenters. The fourth-order valence-corrected chi connectivity index (χ4v) is 2.99. The first kappa shape index (κ1) is 20.4. The van der Waals surface area contributed by atoms with E-state index in [9.17, 15) is 4.79 Å². The van der Waals surface area contributed by atoms with Gasteiger partial charge in [-0.25, -0.2) is 4.68 Å². The van der Waals surface area contributed by atoms with Gasteiger partial charge in [0.05, 0.1) is 13.2 Å². The summed E-state index contributed by atoms with van der Waals surface area (Å²) in [5.74, 6) is 0.613. The first-order valence-electron chi connectivity index (χ1n) is 9.77. The lowest BCUT2D eigenvalue weighted by Gasteiger charge is -2.26. The molecule has 3 rings (SSSR count). The minimum atomic E-state index is -0.165. The summed E-state index contributed by atoms with van der Waals surface area (Å²) >= 11 is 0. The summed E-state index contributed by atoms with van der Waals surface area (Å²) in [5, 5.41) is 7.21. The van der Waals surface area contributed by atoms with Gasteiger partial charge in [-0.1, -0.05) is 32.9 Å². The molecule has 0 bridgehead atoms. The molecule has 2 aromatic rings. The van der Waals surface area contributed by atoms with Gasteiger partial charge in [-0.3, -0.25) is 9.69 Å². The Labute approximate surface area is 166 Å². The number of carbonyl (C=O) groups is 1. The SMILES string of the molecule is CC(C)(C)c1ccc(OCn2ccc(C(=O)NCCN3CCOCC3)n2)cc1. The van der Waals surface area contributed by atoms with Crippen LogP contribution in [0.5, 0.6) is 5.75 Å². The first-order chi connectivity index (χ1) is 13.4. The number of nitrogens with one attached hydrogen (secondary N) is 1. The summed E-state index contributed by atoms with van der Waals surface area (Å²) in [6.45, 7) is 11.6. The quantitative estimate of drug-likeness (QED) is 0.791. The summed E-state index contributed by atoms with van der Waals surface area (Å²) in [7, 11) is 0. The minimum absolute atomic E-state index is 0.116. The topological polar surface area (TPSA) is 68.6 Å². The number of carbonyl (C=O) groups excluding carboxylic acids is 1. The Bertz CT molecular complexity index is 759. The number of benzene rings is 1. The van der Waals surface area contributed by atoms with Crippen LogP contribution in [0.1, 0.15) is 36.8 Å². The van der Waals surface area contributed by atoms with E-state index >= 15 is 0 Å². The number of nitrogens with zero attached hydrogens (tertiary/aromatic N) is 3. The van der Waals surface area contributed by atoms with Gasteiger partial charge < -0.3 is 14.8 Å². The number of ether oxygens (including phenoxy) is 2. The lowest BCUT2D eigenvalue weighted by atomic mass is 9.87. The Morgan fingerprint density at radius 2 is 1.89 bits per heavy atom. The van der Waals surface area contributed by atoms with Gasteiger partial charge in [-0.05, 0) is 29.2 Å². The van der Waals surface area contributed by atoms with Crippen LogP contribution in [0.15, 0.2) is 36.5 Å². The van der Waals surface area contributed by atoms with Crippen molar-refractivity contribution in [3.63, 3.8) is 0 Å². The maximum Gasteiger partial charge on any atom is 0.271 e. The lowest BCUT2D eigenvalue weighted by molar-refractivity contribution is 0.0383. The predicted octanol–water partition coefficient (Wildman–Crippen LogP) is 2.28. The molecule has 0 aliphatic carbocycles. The third-order valence-electron chi connectivity index (χ3n) is 4.77. The van der Waals surface area contributed by atoms with E-state index in [0.29, 0.717) is 12.2 Å². The standard InChI is InChI=1S/C21H30N4O3/c1-21(2,3)17-4-6-18(7-5-17)28-16-25-10-8-19(23-25)20(26)22-9-11-24-12-14-27-15-13-24/h4-8,10H,9,11-16H2,1-3H3,(H,22,26). The fourth-order valence-electron chi connectivity index (χ4n) is 2.99. The van der Waals surface area contributed by atoms with Crippen molar-refractivity contribution in [1.82, 2.24) is 20.0 Å². The molecule has 1 amide bonds. The number of aromatic nitrogens is 2. The van der Waals surface area contributed by atoms with Crippen LogP contribution in [0.3, 0.4) is 0 Å². The van der Waals surface area contributed by atoms with Crippen molar-refractivity contribution in [2.45, 2.75) is 32.9 Å². The van der Waals surface area contributed by atoms with Gasteiger partial charge in [0.25, 0.3) is 5.91 Å². The largest absolute Gasteiger partial charge is 0.471 e. The minimum Gasteiger partial charge on any atom is -0.471 e. The number of morpholine rings is 1. The Balaban J connectivity index is 1.43. The molecule has 1 aromatic carbocycles. The van der Waals surface area contributed by atoms with Crippen LogP contribution in [0.2, 0.25) is 0 Å². The van der Waals surface area contributed by atoms with Crippen LogP contribution in [-0.2, 0) is 16.9 Å². The van der Waals surface area contributed by atoms with E-state index in [0.717, 1.165) is 38.6 Å². The number of amides is 1. The van der Waals surface area contributed by atoms with E-state index in [1.165, 1.54) is 5.56 Å². The van der Waals surface area contributed by atoms with Gasteiger partial charge in [0.2, 0.25) is 0 Å². The maximum absolute atomic E-state index is 12.2. The summed E-state index contributed by atoms with van der Waals surface area (Å²) in [6.07, 6.45) is 1.75. The number of hydrogen-bond donors (Lipinski definition) is 1. The highest BCUT2D eigenvalue weighted by Crippen LogP contribution is 2.24. The van der Waals surface area contributed by atoms with Gasteiger partial charge in [0, 0.05) is 32.4 Å². The second-order valence-corrected chi connectivity index (χ2v) is 8.00. The monoisotopic (exact) mass is 386 g/mol. The van der Waals surface area contributed by atoms with Crippen molar-refractivity contribution in [3.8, 4) is 5.75 Å². The molecular weight excluding hydrogens is 356 g/mol. The lowest BCUT2D eigenvalue weighted by Crippen LogP contribution is -2.41. The average Bonchev–Trinajstić information content (AvgIpc) is 3.16. The summed E-state index contributed by atoms with van der Waals surface area (Å²) in [4.78, 5) is 14.5. The third kappa shape index (κ3) is 5.81. The summed E-state index contributed by atoms with van der Waals surface area (Å²) in [5.41, 5.74) is 1.77. The molecule has 0 saturated carbocycles. The molecule has 28 heavy (non-hydrogen) atoms. The molecule has 1 aromatic heterocycles. The Morgan fingerprint density at radius 3 is 2.57 bits per heavy atom. The Morgan fingerprint density at radius 1 is 1.18 bits per heavy atom. The van der Waals surface area contributed by atoms with Crippen molar-refractivity contribution in [1.29, 1.82) is 0 Å². The Hall–Kier alpha value is -2.38. The predicted molar refractivity (Wildman–Crippen MR) is 108 cm³/mol. The normalized spacial score (nSPS) is 15.4. The molecular formula is C21H30N4O3. The Kier molecular flexibility index (Phi) is 6.70. The van der Waals surface area contributed by atoms with Crippen LogP contribution in [-0.4, -0.2) is 60.0 Å². The van der Waals surface area contributed by atoms with Crippen molar-refractivity contribution in [3.05, 3.63) is 47.8 Å². The van der Waals surface area contributed by atoms with Crippen LogP contribution in [0.25, 0.3) is 0 Å². The van der Waals surface area contributed by atoms with Crippen molar-refractivity contribution in [2.75, 3.05) is 39.4 Å². The first-order valence-corrected chi connectivity index (χ1v) is 9.77. The van der Waals surface area contributed by atoms with E-state index in [-0.39, 0.29) is 18.1 Å². The molecule has 7 heteroatoms. The maximum atomic E-state index is 12.2. The molecule has 1 aliphatic rings. The highest BCUT2D eigenvalue weighted by molar-refractivity contribution is 5.92. The van der Waals surface area contributed by atoms with E-state index < -0.39 is 0 Å². The van der Waals surface area contributed by atoms with E-state index in [4.69, 9.17) is 9.47 Å². The van der Waals surface area contributed by atoms with Crippen molar-refractivity contribution < 1.29 is 14.3 Å². The molecule has 1 N–H and O–H groups in total. The van der Waals surface area contributed by atoms with E-state index in [2.05, 4.69) is 48.2 Å². The van der Waals surface area contributed by atoms with Gasteiger partial charge >= 0.3 is 0 Å². The smallest absolute Gasteiger partial charge is 0.271 e. The van der Waals surface area contributed by atoms with Crippen molar-refractivity contribution >= 4 is 5.91 Å². The molecule has 7 nitrogen and oxygen atoms in total. The van der Waals surface area contributed by atoms with Gasteiger partial charge in [-0.15, -0.1) is 0 Å². The van der Waals surface area contributed by atoms with Gasteiger partial charge in [0.15, 0.2) is 6.73 Å². The van der Waals surface area contributed by atoms with Crippen LogP contribution >= 0.6 is 0 Å². The molecule has 1 fully saturated rings. The zero-order valence-electron chi connectivity index (χ0n) is 17.0. The van der Waals surface area contributed by atoms with Crippen molar-refractivity contribution in [2.24, 2.45) is 0 Å². The summed E-state index contributed by atoms with van der Waals surface area (Å²) < 4.78 is 12.7. The van der Waals surface area contributed by atoms with Crippen LogP contribution in [0.4, 0.5) is 0 Å². The second-order valence-electron chi connectivity index (χ2n) is 8.00. The molecule has 1 aliphatic heterocycles. The highest BCUT2D eigenvalue weighted by atomic mass is 16.5. The fraction of sp³-hybridized carbons (Fsp3) is 0.524. The van der Waals surface area contributed by atoms with Crippen LogP contribution in [0, 0.1) is 0 Å². The van der Waals surface area contributed by atoms with Gasteiger partial charge in [0.1, 0.15) is 11.4 Å². The summed E-state index contributed by atoms with van der Waals surface area (Å²) in [6, 6.07) is 9.78. The van der Waals surface area contributed by atoms with Crippen LogP contribution < -0.4 is 10.1 Å². The molecule has 0 spiro atoms.